The smallest absolute Gasteiger partial charge is 0.328 e. The van der Waals surface area contributed by atoms with Crippen molar-refractivity contribution in [3.05, 3.63) is 42.0 Å². The second-order valence-corrected chi connectivity index (χ2v) is 3.83. The molecule has 1 unspecified atom stereocenters. The molecule has 0 aromatic heterocycles. The van der Waals surface area contributed by atoms with Gasteiger partial charge in [-0.2, -0.15) is 0 Å². The molecule has 0 aliphatic carbocycles. The number of rotatable bonds is 5. The van der Waals surface area contributed by atoms with Crippen molar-refractivity contribution in [2.75, 3.05) is 7.11 Å². The zero-order valence-electron chi connectivity index (χ0n) is 18.6. The molecule has 0 bridgehead atoms. The van der Waals surface area contributed by atoms with Gasteiger partial charge >= 0.3 is 5.97 Å². The van der Waals surface area contributed by atoms with Crippen LogP contribution in [0.4, 0.5) is 0 Å². The fourth-order valence-corrected chi connectivity index (χ4v) is 1.51. The minimum atomic E-state index is -0.632. The lowest BCUT2D eigenvalue weighted by Crippen LogP contribution is -2.39. The lowest BCUT2D eigenvalue weighted by Gasteiger charge is -2.12. The number of ether oxygens (including phenoxy) is 1. The predicted octanol–water partition coefficient (Wildman–Crippen LogP) is 5.87. The third-order valence-electron chi connectivity index (χ3n) is 2.34. The van der Waals surface area contributed by atoms with Gasteiger partial charge in [-0.15, -0.1) is 0 Å². The number of hydrogen-bond acceptors (Lipinski definition) is 3. The quantitative estimate of drug-likeness (QED) is 0.662. The molecule has 1 rings (SSSR count). The second kappa shape index (κ2) is 27.7. The molecule has 0 spiro atoms. The molecule has 1 amide bonds. The van der Waals surface area contributed by atoms with E-state index in [-0.39, 0.29) is 5.91 Å². The lowest BCUT2D eigenvalue weighted by molar-refractivity contribution is -0.144. The maximum Gasteiger partial charge on any atom is 0.328 e. The number of carbonyl (C=O) groups is 2. The van der Waals surface area contributed by atoms with Gasteiger partial charge in [0, 0.05) is 6.92 Å². The van der Waals surface area contributed by atoms with Crippen LogP contribution in [-0.4, -0.2) is 25.0 Å². The Labute approximate surface area is 162 Å². The van der Waals surface area contributed by atoms with Gasteiger partial charge in [-0.25, -0.2) is 4.79 Å². The van der Waals surface area contributed by atoms with E-state index in [1.807, 2.05) is 97.9 Å². The largest absolute Gasteiger partial charge is 0.467 e. The topological polar surface area (TPSA) is 55.4 Å². The van der Waals surface area contributed by atoms with Crippen LogP contribution in [0, 0.1) is 0 Å². The van der Waals surface area contributed by atoms with E-state index in [0.29, 0.717) is 6.42 Å². The summed E-state index contributed by atoms with van der Waals surface area (Å²) in [6.07, 6.45) is 4.14. The number of amides is 1. The van der Waals surface area contributed by atoms with Crippen molar-refractivity contribution in [3.63, 3.8) is 0 Å². The van der Waals surface area contributed by atoms with Crippen molar-refractivity contribution in [2.24, 2.45) is 0 Å². The van der Waals surface area contributed by atoms with E-state index in [9.17, 15) is 9.59 Å². The van der Waals surface area contributed by atoms with Crippen LogP contribution in [0.25, 0.3) is 6.08 Å². The maximum absolute atomic E-state index is 11.4. The standard InChI is InChI=1S/C14H17NO3.4C2H6/c1-11(16)15-13(14(17)18-2)10-6-9-12-7-4-3-5-8-12;4*1-2/h3-9,13H,10H2,1-2H3,(H,15,16);4*1-2H3/b9-6+;;;;. The zero-order chi connectivity index (χ0) is 21.4. The number of nitrogens with one attached hydrogen (secondary N) is 1. The van der Waals surface area contributed by atoms with Gasteiger partial charge < -0.3 is 10.1 Å². The van der Waals surface area contributed by atoms with E-state index < -0.39 is 12.0 Å². The first kappa shape index (κ1) is 31.6. The summed E-state index contributed by atoms with van der Waals surface area (Å²) in [5.41, 5.74) is 1.05. The highest BCUT2D eigenvalue weighted by Crippen LogP contribution is 2.04. The molecule has 1 aromatic carbocycles. The Kier molecular flexibility index (Phi) is 33.8. The van der Waals surface area contributed by atoms with E-state index in [4.69, 9.17) is 0 Å². The van der Waals surface area contributed by atoms with Crippen LogP contribution in [0.2, 0.25) is 0 Å². The average molecular weight is 368 g/mol. The van der Waals surface area contributed by atoms with Crippen molar-refractivity contribution in [3.8, 4) is 0 Å². The molecule has 0 saturated heterocycles. The van der Waals surface area contributed by atoms with Crippen LogP contribution >= 0.6 is 0 Å². The van der Waals surface area contributed by atoms with E-state index >= 15 is 0 Å². The zero-order valence-corrected chi connectivity index (χ0v) is 18.6. The van der Waals surface area contributed by atoms with Gasteiger partial charge in [0.2, 0.25) is 5.91 Å². The molecule has 1 N–H and O–H groups in total. The minimum Gasteiger partial charge on any atom is -0.467 e. The van der Waals surface area contributed by atoms with Gasteiger partial charge in [0.25, 0.3) is 0 Å². The molecule has 0 saturated carbocycles. The summed E-state index contributed by atoms with van der Waals surface area (Å²) in [6, 6.07) is 9.10. The number of methoxy groups -OCH3 is 1. The van der Waals surface area contributed by atoms with E-state index in [1.54, 1.807) is 0 Å². The molecule has 4 nitrogen and oxygen atoms in total. The molecule has 1 aromatic rings. The molecule has 152 valence electrons. The number of esters is 1. The van der Waals surface area contributed by atoms with Crippen LogP contribution in [0.5, 0.6) is 0 Å². The Balaban J connectivity index is -0.000000266. The highest BCUT2D eigenvalue weighted by molar-refractivity contribution is 5.83. The summed E-state index contributed by atoms with van der Waals surface area (Å²) >= 11 is 0. The Bertz CT molecular complexity index is 428. The van der Waals surface area contributed by atoms with Crippen molar-refractivity contribution in [2.45, 2.75) is 74.8 Å². The van der Waals surface area contributed by atoms with Gasteiger partial charge in [0.15, 0.2) is 0 Å². The molecular formula is C22H41NO3. The number of hydrogen-bond donors (Lipinski definition) is 1. The molecular weight excluding hydrogens is 326 g/mol. The van der Waals surface area contributed by atoms with Crippen LogP contribution < -0.4 is 5.32 Å². The van der Waals surface area contributed by atoms with Gasteiger partial charge in [0.1, 0.15) is 6.04 Å². The van der Waals surface area contributed by atoms with E-state index in [1.165, 1.54) is 14.0 Å². The molecule has 0 heterocycles. The first-order chi connectivity index (χ1) is 12.6. The van der Waals surface area contributed by atoms with Crippen molar-refractivity contribution in [1.82, 2.24) is 5.32 Å². The summed E-state index contributed by atoms with van der Waals surface area (Å²) in [7, 11) is 1.30. The van der Waals surface area contributed by atoms with Crippen molar-refractivity contribution >= 4 is 18.0 Å². The molecule has 0 fully saturated rings. The van der Waals surface area contributed by atoms with Crippen LogP contribution in [0.3, 0.4) is 0 Å². The fourth-order valence-electron chi connectivity index (χ4n) is 1.51. The number of benzene rings is 1. The average Bonchev–Trinajstić information content (AvgIpc) is 2.73. The van der Waals surface area contributed by atoms with Gasteiger partial charge in [-0.1, -0.05) is 97.9 Å². The van der Waals surface area contributed by atoms with Gasteiger partial charge in [0.05, 0.1) is 7.11 Å². The maximum atomic E-state index is 11.4. The molecule has 0 aliphatic heterocycles. The second-order valence-electron chi connectivity index (χ2n) is 3.83. The monoisotopic (exact) mass is 367 g/mol. The molecule has 26 heavy (non-hydrogen) atoms. The summed E-state index contributed by atoms with van der Waals surface area (Å²) in [5.74, 6) is -0.693. The lowest BCUT2D eigenvalue weighted by atomic mass is 10.1. The van der Waals surface area contributed by atoms with Crippen LogP contribution in [0.1, 0.15) is 74.3 Å². The highest BCUT2D eigenvalue weighted by Gasteiger charge is 2.17. The highest BCUT2D eigenvalue weighted by atomic mass is 16.5. The normalized spacial score (nSPS) is 9.31. The van der Waals surface area contributed by atoms with Gasteiger partial charge in [-0.05, 0) is 12.0 Å². The molecule has 0 radical (unpaired) electrons. The molecule has 1 atom stereocenters. The summed E-state index contributed by atoms with van der Waals surface area (Å²) in [6.45, 7) is 17.4. The summed E-state index contributed by atoms with van der Waals surface area (Å²) in [4.78, 5) is 22.4. The SMILES string of the molecule is CC.CC.CC.CC.COC(=O)C(C/C=C/c1ccccc1)NC(C)=O. The van der Waals surface area contributed by atoms with E-state index in [0.717, 1.165) is 5.56 Å². The summed E-state index contributed by atoms with van der Waals surface area (Å²) < 4.78 is 4.63. The third-order valence-corrected chi connectivity index (χ3v) is 2.34. The van der Waals surface area contributed by atoms with Crippen molar-refractivity contribution < 1.29 is 14.3 Å². The third kappa shape index (κ3) is 19.9. The first-order valence-electron chi connectivity index (χ1n) is 9.70. The van der Waals surface area contributed by atoms with Crippen LogP contribution in [0.15, 0.2) is 36.4 Å². The predicted molar refractivity (Wildman–Crippen MR) is 115 cm³/mol. The van der Waals surface area contributed by atoms with Crippen molar-refractivity contribution in [1.29, 1.82) is 0 Å². The summed E-state index contributed by atoms with van der Waals surface area (Å²) in [5, 5.41) is 2.55. The fraction of sp³-hybridized carbons (Fsp3) is 0.545. The Hall–Kier alpha value is -2.10. The molecule has 4 heteroatoms. The Morgan fingerprint density at radius 2 is 1.42 bits per heavy atom. The van der Waals surface area contributed by atoms with Crippen LogP contribution in [-0.2, 0) is 14.3 Å². The Morgan fingerprint density at radius 3 is 1.81 bits per heavy atom. The number of carbonyl (C=O) groups excluding carboxylic acids is 2. The van der Waals surface area contributed by atoms with E-state index in [2.05, 4.69) is 10.1 Å². The Morgan fingerprint density at radius 1 is 0.962 bits per heavy atom. The molecule has 0 aliphatic rings. The van der Waals surface area contributed by atoms with Gasteiger partial charge in [-0.3, -0.25) is 4.79 Å². The minimum absolute atomic E-state index is 0.251. The first-order valence-corrected chi connectivity index (χ1v) is 9.70.